The van der Waals surface area contributed by atoms with Gasteiger partial charge in [-0.15, -0.1) is 0 Å². The number of hydrogen-bond donors (Lipinski definition) is 0. The minimum atomic E-state index is -2.50. The van der Waals surface area contributed by atoms with Gasteiger partial charge in [0.1, 0.15) is 24.4 Å². The molecule has 3 heterocycles. The molecule has 0 radical (unpaired) electrons. The van der Waals surface area contributed by atoms with E-state index in [0.29, 0.717) is 13.2 Å². The predicted octanol–water partition coefficient (Wildman–Crippen LogP) is 4.48. The third kappa shape index (κ3) is 2.55. The Balaban J connectivity index is 1.68. The highest BCUT2D eigenvalue weighted by atomic mass is 28.4. The first-order chi connectivity index (χ1) is 11.6. The second-order valence-corrected chi connectivity index (χ2v) is 14.3. The van der Waals surface area contributed by atoms with Crippen LogP contribution >= 0.6 is 0 Å². The molecule has 25 heavy (non-hydrogen) atoms. The van der Waals surface area contributed by atoms with Crippen LogP contribution in [-0.2, 0) is 24.9 Å². The standard InChI is InChI=1S/C20H30O4Si/c1-19(2,3)25(20(4,5)6)22-12-15-17(24-25)18-16(23-15)14-10-8-7-9-13(14)11-21-18/h7-10,15-18H,11-12H2,1-6H3/t15-,16+,17-,18-/m1/s1. The molecule has 0 aliphatic carbocycles. The molecule has 1 aromatic rings. The van der Waals surface area contributed by atoms with E-state index in [4.69, 9.17) is 18.3 Å². The fourth-order valence-electron chi connectivity index (χ4n) is 4.90. The Kier molecular flexibility index (Phi) is 3.98. The van der Waals surface area contributed by atoms with Crippen LogP contribution in [-0.4, -0.2) is 33.5 Å². The van der Waals surface area contributed by atoms with Crippen molar-refractivity contribution < 1.29 is 18.3 Å². The topological polar surface area (TPSA) is 36.9 Å². The van der Waals surface area contributed by atoms with E-state index in [1.54, 1.807) is 0 Å². The molecule has 5 heteroatoms. The molecule has 0 N–H and O–H groups in total. The number of fused-ring (bicyclic) bond motifs is 5. The summed E-state index contributed by atoms with van der Waals surface area (Å²) < 4.78 is 26.0. The Morgan fingerprint density at radius 3 is 2.32 bits per heavy atom. The minimum Gasteiger partial charge on any atom is -0.391 e. The first-order valence-electron chi connectivity index (χ1n) is 9.31. The van der Waals surface area contributed by atoms with E-state index >= 15 is 0 Å². The fourth-order valence-corrected chi connectivity index (χ4v) is 9.86. The van der Waals surface area contributed by atoms with Gasteiger partial charge < -0.3 is 18.3 Å². The molecule has 0 saturated carbocycles. The Hall–Kier alpha value is -0.723. The lowest BCUT2D eigenvalue weighted by Gasteiger charge is -2.53. The summed E-state index contributed by atoms with van der Waals surface area (Å²) in [7, 11) is -2.50. The van der Waals surface area contributed by atoms with Crippen LogP contribution in [0.2, 0.25) is 10.1 Å². The monoisotopic (exact) mass is 362 g/mol. The normalized spacial score (nSPS) is 34.2. The molecule has 4 nitrogen and oxygen atoms in total. The first kappa shape index (κ1) is 17.7. The number of benzene rings is 1. The van der Waals surface area contributed by atoms with Crippen LogP contribution in [0.25, 0.3) is 0 Å². The highest BCUT2D eigenvalue weighted by molar-refractivity contribution is 6.73. The number of ether oxygens (including phenoxy) is 2. The second-order valence-electron chi connectivity index (χ2n) is 9.58. The molecular weight excluding hydrogens is 332 g/mol. The average Bonchev–Trinajstić information content (AvgIpc) is 2.90. The van der Waals surface area contributed by atoms with Crippen molar-refractivity contribution in [1.82, 2.24) is 0 Å². The summed E-state index contributed by atoms with van der Waals surface area (Å²) in [5.41, 5.74) is 2.47. The zero-order valence-electron chi connectivity index (χ0n) is 16.2. The van der Waals surface area contributed by atoms with E-state index in [9.17, 15) is 0 Å². The van der Waals surface area contributed by atoms with Crippen molar-refractivity contribution in [2.45, 2.75) is 82.6 Å². The molecule has 0 bridgehead atoms. The Morgan fingerprint density at radius 1 is 0.960 bits per heavy atom. The zero-order valence-corrected chi connectivity index (χ0v) is 17.2. The summed E-state index contributed by atoms with van der Waals surface area (Å²) in [4.78, 5) is 0. The van der Waals surface area contributed by atoms with Gasteiger partial charge in [-0.1, -0.05) is 65.8 Å². The van der Waals surface area contributed by atoms with Gasteiger partial charge in [-0.2, -0.15) is 0 Å². The molecule has 3 aliphatic rings. The lowest BCUT2D eigenvalue weighted by atomic mass is 9.95. The number of hydrogen-bond acceptors (Lipinski definition) is 4. The first-order valence-corrected chi connectivity index (χ1v) is 11.1. The lowest BCUT2D eigenvalue weighted by molar-refractivity contribution is -0.0801. The van der Waals surface area contributed by atoms with Gasteiger partial charge in [0.25, 0.3) is 0 Å². The van der Waals surface area contributed by atoms with Crippen molar-refractivity contribution in [3.8, 4) is 0 Å². The smallest absolute Gasteiger partial charge is 0.349 e. The minimum absolute atomic E-state index is 0.0269. The van der Waals surface area contributed by atoms with Crippen LogP contribution in [0.4, 0.5) is 0 Å². The van der Waals surface area contributed by atoms with Crippen molar-refractivity contribution in [2.75, 3.05) is 6.61 Å². The van der Waals surface area contributed by atoms with Gasteiger partial charge in [0.15, 0.2) is 0 Å². The van der Waals surface area contributed by atoms with Crippen LogP contribution in [0, 0.1) is 0 Å². The molecule has 0 spiro atoms. The van der Waals surface area contributed by atoms with Crippen molar-refractivity contribution in [1.29, 1.82) is 0 Å². The molecule has 0 unspecified atom stereocenters. The third-order valence-corrected chi connectivity index (χ3v) is 11.0. The highest BCUT2D eigenvalue weighted by Crippen LogP contribution is 2.56. The highest BCUT2D eigenvalue weighted by Gasteiger charge is 2.65. The zero-order chi connectivity index (χ0) is 18.0. The fraction of sp³-hybridized carbons (Fsp3) is 0.700. The van der Waals surface area contributed by atoms with Crippen molar-refractivity contribution >= 4 is 8.56 Å². The maximum absolute atomic E-state index is 6.88. The molecule has 2 fully saturated rings. The Morgan fingerprint density at radius 2 is 1.64 bits per heavy atom. The van der Waals surface area contributed by atoms with Crippen LogP contribution in [0.15, 0.2) is 24.3 Å². The van der Waals surface area contributed by atoms with Crippen molar-refractivity contribution in [2.24, 2.45) is 0 Å². The van der Waals surface area contributed by atoms with Crippen LogP contribution in [0.1, 0.15) is 58.8 Å². The maximum atomic E-state index is 6.88. The molecule has 3 aliphatic heterocycles. The second kappa shape index (κ2) is 5.63. The van der Waals surface area contributed by atoms with E-state index in [2.05, 4.69) is 65.8 Å². The van der Waals surface area contributed by atoms with E-state index in [1.807, 2.05) is 0 Å². The van der Waals surface area contributed by atoms with Gasteiger partial charge in [-0.3, -0.25) is 0 Å². The SMILES string of the molecule is CC(C)(C)[Si]1(C(C)(C)C)OC[C@H]2O[C@H]3c4ccccc4CO[C@H]3[C@@H]2O1. The van der Waals surface area contributed by atoms with E-state index in [0.717, 1.165) is 0 Å². The quantitative estimate of drug-likeness (QED) is 0.638. The summed E-state index contributed by atoms with van der Waals surface area (Å²) in [5, 5.41) is -0.0538. The van der Waals surface area contributed by atoms with Gasteiger partial charge in [-0.25, -0.2) is 0 Å². The molecule has 1 aromatic carbocycles. The summed E-state index contributed by atoms with van der Waals surface area (Å²) in [6.45, 7) is 14.7. The predicted molar refractivity (Wildman–Crippen MR) is 98.6 cm³/mol. The van der Waals surface area contributed by atoms with E-state index in [-0.39, 0.29) is 34.5 Å². The summed E-state index contributed by atoms with van der Waals surface area (Å²) in [6.07, 6.45) is -0.183. The van der Waals surface area contributed by atoms with Crippen LogP contribution in [0.5, 0.6) is 0 Å². The number of rotatable bonds is 0. The molecule has 0 aromatic heterocycles. The maximum Gasteiger partial charge on any atom is 0.349 e. The molecule has 0 amide bonds. The van der Waals surface area contributed by atoms with Crippen molar-refractivity contribution in [3.63, 3.8) is 0 Å². The lowest BCUT2D eigenvalue weighted by Crippen LogP contribution is -2.65. The Bertz CT molecular complexity index is 646. The van der Waals surface area contributed by atoms with E-state index < -0.39 is 8.56 Å². The van der Waals surface area contributed by atoms with Crippen molar-refractivity contribution in [3.05, 3.63) is 35.4 Å². The molecule has 4 atom stereocenters. The van der Waals surface area contributed by atoms with Gasteiger partial charge in [0.05, 0.1) is 13.2 Å². The molecule has 2 saturated heterocycles. The molecular formula is C20H30O4Si. The van der Waals surface area contributed by atoms with Gasteiger partial charge >= 0.3 is 8.56 Å². The third-order valence-electron chi connectivity index (χ3n) is 5.83. The Labute approximate surface area is 152 Å². The van der Waals surface area contributed by atoms with E-state index in [1.165, 1.54) is 11.1 Å². The summed E-state index contributed by atoms with van der Waals surface area (Å²) in [5.74, 6) is 0. The van der Waals surface area contributed by atoms with Gasteiger partial charge in [-0.05, 0) is 11.1 Å². The summed E-state index contributed by atoms with van der Waals surface area (Å²) >= 11 is 0. The largest absolute Gasteiger partial charge is 0.391 e. The molecule has 138 valence electrons. The van der Waals surface area contributed by atoms with Gasteiger partial charge in [0, 0.05) is 10.1 Å². The van der Waals surface area contributed by atoms with Crippen LogP contribution in [0.3, 0.4) is 0 Å². The van der Waals surface area contributed by atoms with Crippen LogP contribution < -0.4 is 0 Å². The van der Waals surface area contributed by atoms with Gasteiger partial charge in [0.2, 0.25) is 0 Å². The summed E-state index contributed by atoms with van der Waals surface area (Å²) in [6, 6.07) is 8.41. The average molecular weight is 363 g/mol. The molecule has 4 rings (SSSR count).